The van der Waals surface area contributed by atoms with E-state index in [1.165, 1.54) is 5.56 Å². The molecule has 2 aromatic rings. The van der Waals surface area contributed by atoms with Crippen molar-refractivity contribution in [2.45, 2.75) is 45.4 Å². The third-order valence-corrected chi connectivity index (χ3v) is 5.47. The Balaban J connectivity index is 1.53. The van der Waals surface area contributed by atoms with Crippen molar-refractivity contribution in [3.63, 3.8) is 0 Å². The summed E-state index contributed by atoms with van der Waals surface area (Å²) in [6.07, 6.45) is 4.75. The van der Waals surface area contributed by atoms with Crippen molar-refractivity contribution < 1.29 is 14.3 Å². The fourth-order valence-electron chi connectivity index (χ4n) is 3.35. The van der Waals surface area contributed by atoms with Crippen LogP contribution in [0.4, 0.5) is 5.82 Å². The summed E-state index contributed by atoms with van der Waals surface area (Å²) >= 11 is 0. The number of pyridine rings is 1. The zero-order valence-corrected chi connectivity index (χ0v) is 15.5. The zero-order valence-electron chi connectivity index (χ0n) is 15.5. The van der Waals surface area contributed by atoms with E-state index in [0.29, 0.717) is 11.6 Å². The first-order valence-corrected chi connectivity index (χ1v) is 9.24. The summed E-state index contributed by atoms with van der Waals surface area (Å²) in [5, 5.41) is 2.83. The largest absolute Gasteiger partial charge is 0.492 e. The highest BCUT2D eigenvalue weighted by atomic mass is 16.5. The molecule has 0 radical (unpaired) electrons. The van der Waals surface area contributed by atoms with Crippen molar-refractivity contribution in [2.24, 2.45) is 5.92 Å². The molecule has 136 valence electrons. The molecule has 1 spiro atoms. The van der Waals surface area contributed by atoms with E-state index >= 15 is 0 Å². The van der Waals surface area contributed by atoms with Crippen molar-refractivity contribution in [3.05, 3.63) is 41.6 Å². The number of fused-ring (bicyclic) bond motifs is 2. The lowest BCUT2D eigenvalue weighted by Crippen LogP contribution is -2.20. The molecule has 1 fully saturated rings. The fraction of sp³-hybridized carbons (Fsp3) is 0.429. The molecular formula is C21H24N2O3. The predicted octanol–water partition coefficient (Wildman–Crippen LogP) is 4.59. The topological polar surface area (TPSA) is 60.5 Å². The van der Waals surface area contributed by atoms with Crippen molar-refractivity contribution in [1.29, 1.82) is 0 Å². The number of rotatable bonds is 5. The van der Waals surface area contributed by atoms with Gasteiger partial charge in [-0.3, -0.25) is 4.79 Å². The zero-order chi connectivity index (χ0) is 18.3. The Labute approximate surface area is 153 Å². The van der Waals surface area contributed by atoms with Gasteiger partial charge in [0.25, 0.3) is 0 Å². The second kappa shape index (κ2) is 6.31. The van der Waals surface area contributed by atoms with E-state index in [9.17, 15) is 4.79 Å². The molecule has 0 saturated heterocycles. The molecule has 1 aliphatic heterocycles. The van der Waals surface area contributed by atoms with E-state index in [-0.39, 0.29) is 17.2 Å². The molecule has 2 heterocycles. The van der Waals surface area contributed by atoms with Crippen LogP contribution in [0.2, 0.25) is 0 Å². The highest BCUT2D eigenvalue weighted by molar-refractivity contribution is 5.91. The van der Waals surface area contributed by atoms with Gasteiger partial charge >= 0.3 is 0 Å². The third kappa shape index (κ3) is 2.91. The number of nitrogens with one attached hydrogen (secondary N) is 1. The molecule has 5 heteroatoms. The minimum Gasteiger partial charge on any atom is -0.492 e. The highest BCUT2D eigenvalue weighted by Crippen LogP contribution is 2.59. The van der Waals surface area contributed by atoms with Gasteiger partial charge in [-0.1, -0.05) is 19.9 Å². The number of hydrogen-bond acceptors (Lipinski definition) is 4. The van der Waals surface area contributed by atoms with Gasteiger partial charge in [-0.05, 0) is 49.9 Å². The fourth-order valence-corrected chi connectivity index (χ4v) is 3.35. The van der Waals surface area contributed by atoms with Gasteiger partial charge < -0.3 is 14.8 Å². The van der Waals surface area contributed by atoms with Crippen LogP contribution in [0.3, 0.4) is 0 Å². The molecule has 0 unspecified atom stereocenters. The first-order chi connectivity index (χ1) is 12.5. The summed E-state index contributed by atoms with van der Waals surface area (Å²) in [4.78, 5) is 16.3. The maximum atomic E-state index is 12.0. The molecule has 26 heavy (non-hydrogen) atoms. The van der Waals surface area contributed by atoms with Gasteiger partial charge in [0.15, 0.2) is 0 Å². The van der Waals surface area contributed by atoms with Crippen molar-refractivity contribution >= 4 is 11.7 Å². The lowest BCUT2D eigenvalue weighted by atomic mass is 9.95. The van der Waals surface area contributed by atoms with Gasteiger partial charge in [-0.2, -0.15) is 0 Å². The number of aromatic nitrogens is 1. The minimum atomic E-state index is -0.0300. The second-order valence-electron chi connectivity index (χ2n) is 7.43. The summed E-state index contributed by atoms with van der Waals surface area (Å²) in [6.45, 7) is 6.72. The summed E-state index contributed by atoms with van der Waals surface area (Å²) in [5.74, 6) is 2.97. The Hall–Kier alpha value is -2.56. The molecule has 4 rings (SSSR count). The molecule has 5 nitrogen and oxygen atoms in total. The number of benzene rings is 1. The van der Waals surface area contributed by atoms with Crippen LogP contribution in [0.1, 0.15) is 44.2 Å². The number of ether oxygens (including phenoxy) is 2. The maximum absolute atomic E-state index is 12.0. The van der Waals surface area contributed by atoms with E-state index < -0.39 is 0 Å². The number of nitrogens with zero attached hydrogens (tertiary/aromatic N) is 1. The van der Waals surface area contributed by atoms with Gasteiger partial charge in [0, 0.05) is 16.9 Å². The average Bonchev–Trinajstić information content (AvgIpc) is 3.32. The Morgan fingerprint density at radius 2 is 2.15 bits per heavy atom. The molecule has 1 aromatic heterocycles. The van der Waals surface area contributed by atoms with Gasteiger partial charge in [0.2, 0.25) is 5.91 Å². The van der Waals surface area contributed by atoms with Crippen molar-refractivity contribution in [3.8, 4) is 17.2 Å². The summed E-state index contributed by atoms with van der Waals surface area (Å²) in [5.41, 5.74) is 2.50. The molecule has 1 aromatic carbocycles. The Bertz CT molecular complexity index is 841. The number of anilines is 1. The van der Waals surface area contributed by atoms with Crippen LogP contribution in [0.5, 0.6) is 17.2 Å². The van der Waals surface area contributed by atoms with E-state index in [1.54, 1.807) is 12.3 Å². The first kappa shape index (κ1) is 16.9. The van der Waals surface area contributed by atoms with Crippen LogP contribution < -0.4 is 14.8 Å². The molecule has 1 amide bonds. The Morgan fingerprint density at radius 1 is 1.35 bits per heavy atom. The van der Waals surface area contributed by atoms with Crippen molar-refractivity contribution in [1.82, 2.24) is 4.98 Å². The van der Waals surface area contributed by atoms with E-state index in [4.69, 9.17) is 9.47 Å². The van der Waals surface area contributed by atoms with E-state index in [1.807, 2.05) is 32.0 Å². The van der Waals surface area contributed by atoms with Gasteiger partial charge in [0.1, 0.15) is 23.1 Å². The summed E-state index contributed by atoms with van der Waals surface area (Å²) in [6, 6.07) is 7.65. The van der Waals surface area contributed by atoms with E-state index in [2.05, 4.69) is 17.2 Å². The van der Waals surface area contributed by atoms with Gasteiger partial charge in [-0.25, -0.2) is 4.98 Å². The molecule has 1 N–H and O–H groups in total. The smallest absolute Gasteiger partial charge is 0.228 e. The number of carbonyl (C=O) groups excluding carboxylic acids is 1. The minimum absolute atomic E-state index is 0.0159. The number of hydrogen-bond donors (Lipinski definition) is 1. The SMILES string of the molecule is CC[C@@H](C)C(=O)Nc1ccc(Oc2ccc(C)c3c2C2(CC2)CO3)cn1. The molecule has 1 aliphatic carbocycles. The lowest BCUT2D eigenvalue weighted by molar-refractivity contribution is -0.119. The number of carbonyl (C=O) groups is 1. The van der Waals surface area contributed by atoms with Gasteiger partial charge in [-0.15, -0.1) is 0 Å². The van der Waals surface area contributed by atoms with Crippen LogP contribution >= 0.6 is 0 Å². The Kier molecular flexibility index (Phi) is 4.10. The van der Waals surface area contributed by atoms with Crippen LogP contribution in [0.25, 0.3) is 0 Å². The monoisotopic (exact) mass is 352 g/mol. The highest BCUT2D eigenvalue weighted by Gasteiger charge is 2.53. The normalized spacial score (nSPS) is 17.3. The predicted molar refractivity (Wildman–Crippen MR) is 100.0 cm³/mol. The van der Waals surface area contributed by atoms with Crippen LogP contribution in [-0.4, -0.2) is 17.5 Å². The molecule has 1 atom stereocenters. The van der Waals surface area contributed by atoms with Crippen molar-refractivity contribution in [2.75, 3.05) is 11.9 Å². The second-order valence-corrected chi connectivity index (χ2v) is 7.43. The quantitative estimate of drug-likeness (QED) is 0.855. The van der Waals surface area contributed by atoms with Crippen LogP contribution in [0, 0.1) is 12.8 Å². The lowest BCUT2D eigenvalue weighted by Gasteiger charge is -2.14. The molecular weight excluding hydrogens is 328 g/mol. The Morgan fingerprint density at radius 3 is 2.81 bits per heavy atom. The molecule has 1 saturated carbocycles. The average molecular weight is 352 g/mol. The standard InChI is InChI=1S/C21H24N2O3/c1-4-13(2)20(24)23-17-8-6-15(11-22-17)26-16-7-5-14(3)19-18(16)21(9-10-21)12-25-19/h5-8,11,13H,4,9-10,12H2,1-3H3,(H,22,23,24)/t13-/m1/s1. The van der Waals surface area contributed by atoms with Crippen LogP contribution in [-0.2, 0) is 10.2 Å². The molecule has 2 aliphatic rings. The summed E-state index contributed by atoms with van der Waals surface area (Å²) < 4.78 is 12.1. The number of amides is 1. The van der Waals surface area contributed by atoms with Gasteiger partial charge in [0.05, 0.1) is 12.8 Å². The third-order valence-electron chi connectivity index (χ3n) is 5.47. The summed E-state index contributed by atoms with van der Waals surface area (Å²) in [7, 11) is 0. The number of aryl methyl sites for hydroxylation is 1. The molecule has 0 bridgehead atoms. The van der Waals surface area contributed by atoms with E-state index in [0.717, 1.165) is 42.9 Å². The first-order valence-electron chi connectivity index (χ1n) is 9.24. The van der Waals surface area contributed by atoms with Crippen LogP contribution in [0.15, 0.2) is 30.5 Å². The maximum Gasteiger partial charge on any atom is 0.228 e.